The van der Waals surface area contributed by atoms with Crippen LogP contribution in [0.1, 0.15) is 55.5 Å². The van der Waals surface area contributed by atoms with Crippen molar-refractivity contribution in [2.45, 2.75) is 58.5 Å². The number of hydrogen-bond acceptors (Lipinski definition) is 4. The summed E-state index contributed by atoms with van der Waals surface area (Å²) in [7, 11) is 4.37. The van der Waals surface area contributed by atoms with Gasteiger partial charge in [0.15, 0.2) is 5.78 Å². The van der Waals surface area contributed by atoms with Crippen LogP contribution in [0.2, 0.25) is 0 Å². The highest BCUT2D eigenvalue weighted by Gasteiger charge is 2.28. The number of thiophene rings is 1. The van der Waals surface area contributed by atoms with Crippen molar-refractivity contribution in [3.8, 4) is 0 Å². The average molecular weight is 308 g/mol. The molecule has 0 radical (unpaired) electrons. The summed E-state index contributed by atoms with van der Waals surface area (Å²) in [5.74, 6) is 0.183. The Morgan fingerprint density at radius 2 is 1.81 bits per heavy atom. The summed E-state index contributed by atoms with van der Waals surface area (Å²) in [6, 6.07) is 1.36. The zero-order chi connectivity index (χ0) is 15.6. The van der Waals surface area contributed by atoms with Gasteiger partial charge < -0.3 is 9.80 Å². The normalized spacial score (nSPS) is 22.6. The van der Waals surface area contributed by atoms with E-state index in [1.165, 1.54) is 36.2 Å². The molecule has 3 nitrogen and oxygen atoms in total. The lowest BCUT2D eigenvalue weighted by molar-refractivity contribution is 0.101. The minimum absolute atomic E-state index is 0.183. The average Bonchev–Trinajstić information content (AvgIpc) is 2.82. The van der Waals surface area contributed by atoms with E-state index in [0.717, 1.165) is 18.2 Å². The predicted molar refractivity (Wildman–Crippen MR) is 91.8 cm³/mol. The van der Waals surface area contributed by atoms with Crippen LogP contribution in [0.25, 0.3) is 0 Å². The molecule has 1 aromatic rings. The van der Waals surface area contributed by atoms with Crippen molar-refractivity contribution in [2.24, 2.45) is 0 Å². The lowest BCUT2D eigenvalue weighted by Gasteiger charge is -2.39. The smallest absolute Gasteiger partial charge is 0.160 e. The second-order valence-corrected chi connectivity index (χ2v) is 7.21. The number of Topliss-reactive ketones (excluding diaryl/α,β-unsaturated/α-hetero) is 1. The fraction of sp³-hybridized carbons (Fsp3) is 0.706. The molecule has 118 valence electrons. The number of carbonyl (C=O) groups is 1. The third-order valence-corrected chi connectivity index (χ3v) is 5.95. The van der Waals surface area contributed by atoms with E-state index in [1.807, 2.05) is 5.38 Å². The molecule has 0 atom stereocenters. The Labute approximate surface area is 132 Å². The van der Waals surface area contributed by atoms with Gasteiger partial charge >= 0.3 is 0 Å². The lowest BCUT2D eigenvalue weighted by Crippen LogP contribution is -2.42. The summed E-state index contributed by atoms with van der Waals surface area (Å²) in [6.07, 6.45) is 5.06. The highest BCUT2D eigenvalue weighted by atomic mass is 32.1. The molecule has 2 rings (SSSR count). The fourth-order valence-electron chi connectivity index (χ4n) is 3.49. The first-order valence-corrected chi connectivity index (χ1v) is 8.85. The number of ketones is 1. The fourth-order valence-corrected chi connectivity index (χ4v) is 4.76. The van der Waals surface area contributed by atoms with Gasteiger partial charge in [-0.05, 0) is 66.1 Å². The van der Waals surface area contributed by atoms with Gasteiger partial charge in [0.2, 0.25) is 0 Å². The Bertz CT molecular complexity index is 487. The monoisotopic (exact) mass is 308 g/mol. The van der Waals surface area contributed by atoms with Crippen LogP contribution < -0.4 is 4.90 Å². The van der Waals surface area contributed by atoms with E-state index < -0.39 is 0 Å². The van der Waals surface area contributed by atoms with Gasteiger partial charge in [0.1, 0.15) is 0 Å². The van der Waals surface area contributed by atoms with Crippen LogP contribution >= 0.6 is 11.3 Å². The number of rotatable bonds is 5. The summed E-state index contributed by atoms with van der Waals surface area (Å²) >= 11 is 1.73. The first-order valence-electron chi connectivity index (χ1n) is 7.97. The molecule has 1 saturated carbocycles. The summed E-state index contributed by atoms with van der Waals surface area (Å²) in [6.45, 7) is 7.01. The standard InChI is InChI=1S/C17H28N2OS/c1-6-19(15-9-7-14(8-10-15)18(4)5)17-12(2)16(11-21-17)13(3)20/h11,14-15H,6-10H2,1-5H3. The molecule has 1 fully saturated rings. The van der Waals surface area contributed by atoms with Crippen molar-refractivity contribution in [2.75, 3.05) is 25.5 Å². The molecule has 0 spiro atoms. The molecule has 0 N–H and O–H groups in total. The van der Waals surface area contributed by atoms with Gasteiger partial charge in [0, 0.05) is 29.6 Å². The zero-order valence-corrected chi connectivity index (χ0v) is 14.8. The lowest BCUT2D eigenvalue weighted by atomic mass is 9.89. The molecule has 21 heavy (non-hydrogen) atoms. The van der Waals surface area contributed by atoms with Crippen molar-refractivity contribution in [1.82, 2.24) is 4.90 Å². The van der Waals surface area contributed by atoms with Crippen LogP contribution in [0.5, 0.6) is 0 Å². The van der Waals surface area contributed by atoms with Crippen molar-refractivity contribution < 1.29 is 4.79 Å². The first kappa shape index (κ1) is 16.5. The maximum atomic E-state index is 11.7. The van der Waals surface area contributed by atoms with E-state index in [1.54, 1.807) is 18.3 Å². The highest BCUT2D eigenvalue weighted by Crippen LogP contribution is 2.36. The van der Waals surface area contributed by atoms with Gasteiger partial charge in [-0.15, -0.1) is 11.3 Å². The molecule has 1 heterocycles. The number of nitrogens with zero attached hydrogens (tertiary/aromatic N) is 2. The van der Waals surface area contributed by atoms with E-state index in [2.05, 4.69) is 37.7 Å². The van der Waals surface area contributed by atoms with Crippen LogP contribution in [0, 0.1) is 6.92 Å². The molecule has 0 bridgehead atoms. The van der Waals surface area contributed by atoms with E-state index in [-0.39, 0.29) is 5.78 Å². The Kier molecular flexibility index (Phi) is 5.44. The second-order valence-electron chi connectivity index (χ2n) is 6.35. The molecule has 4 heteroatoms. The van der Waals surface area contributed by atoms with Crippen LogP contribution in [-0.2, 0) is 0 Å². The molecule has 1 aromatic heterocycles. The molecule has 0 aromatic carbocycles. The van der Waals surface area contributed by atoms with Gasteiger partial charge in [-0.2, -0.15) is 0 Å². The molecular formula is C17H28N2OS. The zero-order valence-electron chi connectivity index (χ0n) is 14.0. The highest BCUT2D eigenvalue weighted by molar-refractivity contribution is 7.14. The van der Waals surface area contributed by atoms with Crippen LogP contribution in [-0.4, -0.2) is 43.4 Å². The second kappa shape index (κ2) is 6.93. The van der Waals surface area contributed by atoms with Crippen molar-refractivity contribution in [3.05, 3.63) is 16.5 Å². The maximum Gasteiger partial charge on any atom is 0.160 e. The van der Waals surface area contributed by atoms with E-state index in [9.17, 15) is 4.79 Å². The summed E-state index contributed by atoms with van der Waals surface area (Å²) in [5.41, 5.74) is 2.07. The van der Waals surface area contributed by atoms with Gasteiger partial charge in [-0.25, -0.2) is 0 Å². The van der Waals surface area contributed by atoms with Gasteiger partial charge in [-0.3, -0.25) is 4.79 Å². The number of carbonyl (C=O) groups excluding carboxylic acids is 1. The van der Waals surface area contributed by atoms with E-state index >= 15 is 0 Å². The Morgan fingerprint density at radius 3 is 2.24 bits per heavy atom. The van der Waals surface area contributed by atoms with E-state index in [4.69, 9.17) is 0 Å². The minimum Gasteiger partial charge on any atom is -0.361 e. The number of anilines is 1. The number of hydrogen-bond donors (Lipinski definition) is 0. The molecule has 1 aliphatic rings. The Morgan fingerprint density at radius 1 is 1.24 bits per heavy atom. The maximum absolute atomic E-state index is 11.7. The minimum atomic E-state index is 0.183. The van der Waals surface area contributed by atoms with Gasteiger partial charge in [0.05, 0.1) is 5.00 Å². The SMILES string of the molecule is CCN(c1scc(C(C)=O)c1C)C1CCC(N(C)C)CC1. The molecular weight excluding hydrogens is 280 g/mol. The Hall–Kier alpha value is -0.870. The Balaban J connectivity index is 2.12. The molecule has 0 unspecified atom stereocenters. The van der Waals surface area contributed by atoms with Gasteiger partial charge in [-0.1, -0.05) is 0 Å². The van der Waals surface area contributed by atoms with Crippen LogP contribution in [0.4, 0.5) is 5.00 Å². The third-order valence-electron chi connectivity index (χ3n) is 4.83. The molecule has 1 aliphatic carbocycles. The van der Waals surface area contributed by atoms with Crippen LogP contribution in [0.3, 0.4) is 0 Å². The van der Waals surface area contributed by atoms with E-state index in [0.29, 0.717) is 6.04 Å². The predicted octanol–water partition coefficient (Wildman–Crippen LogP) is 3.96. The molecule has 0 amide bonds. The summed E-state index contributed by atoms with van der Waals surface area (Å²) in [4.78, 5) is 16.6. The third kappa shape index (κ3) is 3.49. The van der Waals surface area contributed by atoms with Crippen molar-refractivity contribution in [1.29, 1.82) is 0 Å². The summed E-state index contributed by atoms with van der Waals surface area (Å²) in [5, 5.41) is 3.33. The molecule has 0 aliphatic heterocycles. The topological polar surface area (TPSA) is 23.6 Å². The molecule has 0 saturated heterocycles. The van der Waals surface area contributed by atoms with Crippen LogP contribution in [0.15, 0.2) is 5.38 Å². The summed E-state index contributed by atoms with van der Waals surface area (Å²) < 4.78 is 0. The first-order chi connectivity index (χ1) is 9.95. The quantitative estimate of drug-likeness (QED) is 0.769. The van der Waals surface area contributed by atoms with Gasteiger partial charge in [0.25, 0.3) is 0 Å². The van der Waals surface area contributed by atoms with Crippen molar-refractivity contribution >= 4 is 22.1 Å². The largest absolute Gasteiger partial charge is 0.361 e. The van der Waals surface area contributed by atoms with Crippen molar-refractivity contribution in [3.63, 3.8) is 0 Å².